The number of Topliss-reactive ketones (excluding diaryl/α,β-unsaturated/α-hetero) is 1. The van der Waals surface area contributed by atoms with Crippen molar-refractivity contribution in [1.82, 2.24) is 4.57 Å². The maximum absolute atomic E-state index is 12.8. The van der Waals surface area contributed by atoms with Gasteiger partial charge < -0.3 is 9.47 Å². The maximum Gasteiger partial charge on any atom is 0.244 e. The van der Waals surface area contributed by atoms with E-state index < -0.39 is 0 Å². The molecule has 1 aromatic carbocycles. The molecule has 5 nitrogen and oxygen atoms in total. The van der Waals surface area contributed by atoms with Gasteiger partial charge in [-0.3, -0.25) is 4.79 Å². The molecular formula is C38H51N2O3+. The number of rotatable bonds is 4. The molecule has 2 aromatic rings. The van der Waals surface area contributed by atoms with Crippen molar-refractivity contribution in [2.45, 2.75) is 110 Å². The Labute approximate surface area is 258 Å². The Bertz CT molecular complexity index is 1410. The van der Waals surface area contributed by atoms with Crippen LogP contribution in [0.3, 0.4) is 0 Å². The number of ether oxygens (including phenoxy) is 2. The molecule has 2 saturated heterocycles. The Morgan fingerprint density at radius 2 is 1.88 bits per heavy atom. The zero-order valence-corrected chi connectivity index (χ0v) is 26.7. The molecule has 0 bridgehead atoms. The predicted molar refractivity (Wildman–Crippen MR) is 166 cm³/mol. The van der Waals surface area contributed by atoms with Crippen molar-refractivity contribution in [3.05, 3.63) is 66.3 Å². The van der Waals surface area contributed by atoms with Crippen LogP contribution < -0.4 is 4.57 Å². The Balaban J connectivity index is 0.971. The van der Waals surface area contributed by atoms with Crippen LogP contribution in [0.25, 0.3) is 0 Å². The number of hydrogen-bond acceptors (Lipinski definition) is 3. The maximum atomic E-state index is 12.8. The summed E-state index contributed by atoms with van der Waals surface area (Å²) in [5.41, 5.74) is 3.18. The molecule has 5 heteroatoms. The van der Waals surface area contributed by atoms with Crippen LogP contribution in [-0.2, 0) is 16.0 Å². The minimum Gasteiger partial charge on any atom is -0.349 e. The van der Waals surface area contributed by atoms with Crippen LogP contribution in [0, 0.1) is 46.3 Å². The van der Waals surface area contributed by atoms with Gasteiger partial charge in [0, 0.05) is 24.3 Å². The Hall–Kier alpha value is -2.24. The summed E-state index contributed by atoms with van der Waals surface area (Å²) in [7, 11) is 0. The number of allylic oxidation sites excluding steroid dienone is 2. The fraction of sp³-hybridized carbons (Fsp3) is 0.684. The highest BCUT2D eigenvalue weighted by Gasteiger charge is 2.68. The highest BCUT2D eigenvalue weighted by Crippen LogP contribution is 2.70. The summed E-state index contributed by atoms with van der Waals surface area (Å²) in [6.45, 7) is 11.3. The Kier molecular flexibility index (Phi) is 6.66. The van der Waals surface area contributed by atoms with Gasteiger partial charge in [0.25, 0.3) is 0 Å². The van der Waals surface area contributed by atoms with Gasteiger partial charge in [0.1, 0.15) is 18.4 Å². The van der Waals surface area contributed by atoms with Gasteiger partial charge in [-0.1, -0.05) is 69.7 Å². The van der Waals surface area contributed by atoms with Crippen LogP contribution in [0.1, 0.15) is 102 Å². The summed E-state index contributed by atoms with van der Waals surface area (Å²) in [6, 6.07) is 10.1. The fourth-order valence-electron chi connectivity index (χ4n) is 11.5. The first-order valence-electron chi connectivity index (χ1n) is 17.4. The van der Waals surface area contributed by atoms with Crippen molar-refractivity contribution >= 4 is 5.78 Å². The SMILES string of the molecule is C[C@@H]1CC[C@@]2(OC1)O[C@H]1C[C@H]3[C@@H]4CC=C5C[C@@H](n6cc[n+](CC(=O)c7ccccc7)c6)CC[C@]5(C)[C@H]4CC[C@]3(C)[C@H]1[C@@H]2C. The van der Waals surface area contributed by atoms with Crippen molar-refractivity contribution in [2.24, 2.45) is 46.3 Å². The van der Waals surface area contributed by atoms with Crippen LogP contribution in [0.2, 0.25) is 0 Å². The normalized spacial score (nSPS) is 45.2. The van der Waals surface area contributed by atoms with Crippen LogP contribution in [0.15, 0.2) is 60.7 Å². The summed E-state index contributed by atoms with van der Waals surface area (Å²) >= 11 is 0. The Morgan fingerprint density at radius 1 is 1.05 bits per heavy atom. The molecule has 4 aliphatic carbocycles. The summed E-state index contributed by atoms with van der Waals surface area (Å²) in [5.74, 6) is 3.97. The molecule has 0 N–H and O–H groups in total. The smallest absolute Gasteiger partial charge is 0.244 e. The van der Waals surface area contributed by atoms with Crippen molar-refractivity contribution in [1.29, 1.82) is 0 Å². The highest BCUT2D eigenvalue weighted by molar-refractivity contribution is 5.94. The molecule has 0 radical (unpaired) electrons. The molecule has 3 heterocycles. The van der Waals surface area contributed by atoms with Gasteiger partial charge in [-0.15, -0.1) is 0 Å². The molecule has 43 heavy (non-hydrogen) atoms. The van der Waals surface area contributed by atoms with Crippen LogP contribution in [0.4, 0.5) is 0 Å². The first kappa shape index (κ1) is 28.2. The molecule has 1 spiro atoms. The zero-order chi connectivity index (χ0) is 29.6. The third-order valence-corrected chi connectivity index (χ3v) is 13.9. The first-order valence-corrected chi connectivity index (χ1v) is 17.4. The van der Waals surface area contributed by atoms with Crippen molar-refractivity contribution in [2.75, 3.05) is 6.61 Å². The van der Waals surface area contributed by atoms with E-state index >= 15 is 0 Å². The number of carbonyl (C=O) groups excluding carboxylic acids is 1. The van der Waals surface area contributed by atoms with Gasteiger partial charge in [-0.25, -0.2) is 9.13 Å². The lowest BCUT2D eigenvalue weighted by Crippen LogP contribution is -2.52. The van der Waals surface area contributed by atoms with Crippen molar-refractivity contribution in [3.8, 4) is 0 Å². The molecule has 2 aliphatic heterocycles. The lowest BCUT2D eigenvalue weighted by Gasteiger charge is -2.58. The molecule has 8 rings (SSSR count). The number of carbonyl (C=O) groups is 1. The summed E-state index contributed by atoms with van der Waals surface area (Å²) in [4.78, 5) is 12.8. The summed E-state index contributed by atoms with van der Waals surface area (Å²) in [6.07, 6.45) is 20.6. The average molecular weight is 584 g/mol. The molecule has 1 aromatic heterocycles. The van der Waals surface area contributed by atoms with Gasteiger partial charge >= 0.3 is 0 Å². The molecule has 3 saturated carbocycles. The number of fused-ring (bicyclic) bond motifs is 7. The van der Waals surface area contributed by atoms with Crippen LogP contribution in [0.5, 0.6) is 0 Å². The van der Waals surface area contributed by atoms with E-state index in [0.717, 1.165) is 42.8 Å². The number of hydrogen-bond donors (Lipinski definition) is 0. The minimum atomic E-state index is -0.317. The van der Waals surface area contributed by atoms with Gasteiger partial charge in [-0.2, -0.15) is 0 Å². The van der Waals surface area contributed by atoms with E-state index in [0.29, 0.717) is 47.3 Å². The molecule has 5 fully saturated rings. The fourth-order valence-corrected chi connectivity index (χ4v) is 11.5. The van der Waals surface area contributed by atoms with E-state index in [9.17, 15) is 4.79 Å². The quantitative estimate of drug-likeness (QED) is 0.212. The largest absolute Gasteiger partial charge is 0.349 e. The second-order valence-electron chi connectivity index (χ2n) is 16.0. The minimum absolute atomic E-state index is 0.164. The van der Waals surface area contributed by atoms with E-state index in [1.54, 1.807) is 5.57 Å². The van der Waals surface area contributed by atoms with Gasteiger partial charge in [0.05, 0.1) is 12.7 Å². The topological polar surface area (TPSA) is 44.3 Å². The molecular weight excluding hydrogens is 532 g/mol. The van der Waals surface area contributed by atoms with E-state index in [2.05, 4.69) is 61.6 Å². The second kappa shape index (κ2) is 10.1. The van der Waals surface area contributed by atoms with Gasteiger partial charge in [-0.05, 0) is 85.4 Å². The van der Waals surface area contributed by atoms with Crippen LogP contribution in [-0.4, -0.2) is 28.8 Å². The molecule has 230 valence electrons. The van der Waals surface area contributed by atoms with E-state index in [1.165, 1.54) is 44.9 Å². The predicted octanol–water partition coefficient (Wildman–Crippen LogP) is 7.57. The number of ketones is 1. The monoisotopic (exact) mass is 583 g/mol. The van der Waals surface area contributed by atoms with Crippen molar-refractivity contribution < 1.29 is 18.8 Å². The average Bonchev–Trinajstić information content (AvgIpc) is 3.67. The van der Waals surface area contributed by atoms with E-state index in [-0.39, 0.29) is 11.6 Å². The number of aromatic nitrogens is 2. The molecule has 0 unspecified atom stereocenters. The molecule has 0 amide bonds. The van der Waals surface area contributed by atoms with Crippen LogP contribution >= 0.6 is 0 Å². The van der Waals surface area contributed by atoms with Gasteiger partial charge in [0.15, 0.2) is 12.3 Å². The number of benzene rings is 1. The second-order valence-corrected chi connectivity index (χ2v) is 16.0. The third kappa shape index (κ3) is 4.30. The number of imidazole rings is 1. The van der Waals surface area contributed by atoms with E-state index in [1.807, 2.05) is 30.3 Å². The summed E-state index contributed by atoms with van der Waals surface area (Å²) < 4.78 is 18.0. The molecule has 11 atom stereocenters. The zero-order valence-electron chi connectivity index (χ0n) is 26.7. The van der Waals surface area contributed by atoms with Gasteiger partial charge in [0.2, 0.25) is 12.1 Å². The Morgan fingerprint density at radius 3 is 2.67 bits per heavy atom. The highest BCUT2D eigenvalue weighted by atomic mass is 16.7. The summed E-state index contributed by atoms with van der Waals surface area (Å²) in [5, 5.41) is 0. The lowest BCUT2D eigenvalue weighted by atomic mass is 9.46. The standard InChI is InChI=1S/C38H51N2O3/c1-25-12-17-38(42-23-25)26(2)35-34(43-38)21-32-30-11-10-28-20-29(13-15-36(28,3)31(30)14-16-37(32,35)4)40-19-18-39(24-40)22-33(41)27-8-6-5-7-9-27/h5-10,18-19,24-26,29-32,34-35H,11-17,20-23H2,1-4H3/q+1/t25-,26+,29+,30-,31+,32+,34+,35+,36+,37+,38-/m1/s1. The van der Waals surface area contributed by atoms with Crippen molar-refractivity contribution in [3.63, 3.8) is 0 Å². The third-order valence-electron chi connectivity index (χ3n) is 13.9. The molecule has 6 aliphatic rings. The first-order chi connectivity index (χ1) is 20.7. The van der Waals surface area contributed by atoms with E-state index in [4.69, 9.17) is 9.47 Å². The number of nitrogens with zero attached hydrogens (tertiary/aromatic N) is 2. The lowest BCUT2D eigenvalue weighted by molar-refractivity contribution is -0.682.